The molecule has 10 nitrogen and oxygen atoms in total. The number of aliphatic carboxylic acids is 1. The molecule has 0 saturated carbocycles. The van der Waals surface area contributed by atoms with Gasteiger partial charge in [-0.1, -0.05) is 47.6 Å². The molecule has 2 unspecified atom stereocenters. The van der Waals surface area contributed by atoms with E-state index in [1.54, 1.807) is 48.5 Å². The average Bonchev–Trinajstić information content (AvgIpc) is 2.78. The first-order chi connectivity index (χ1) is 16.6. The number of carbonyl (C=O) groups excluding carboxylic acids is 3. The maximum absolute atomic E-state index is 12.3. The number of benzene rings is 1. The predicted molar refractivity (Wildman–Crippen MR) is 132 cm³/mol. The Morgan fingerprint density at radius 1 is 0.944 bits per heavy atom. The minimum Gasteiger partial charge on any atom is -0.480 e. The van der Waals surface area contributed by atoms with E-state index in [1.165, 1.54) is 18.2 Å². The van der Waals surface area contributed by atoms with Gasteiger partial charge in [-0.15, -0.1) is 0 Å². The lowest BCUT2D eigenvalue weighted by Gasteiger charge is -2.29. The third-order valence-electron chi connectivity index (χ3n) is 5.68. The van der Waals surface area contributed by atoms with Crippen molar-refractivity contribution in [1.82, 2.24) is 0 Å². The van der Waals surface area contributed by atoms with Crippen LogP contribution in [0.2, 0.25) is 0 Å². The van der Waals surface area contributed by atoms with Crippen molar-refractivity contribution in [3.8, 4) is 11.5 Å². The largest absolute Gasteiger partial charge is 0.508 e. The van der Waals surface area contributed by atoms with Crippen LogP contribution in [0.1, 0.15) is 73.3 Å². The highest BCUT2D eigenvalue weighted by molar-refractivity contribution is 5.78. The molecule has 1 aromatic rings. The quantitative estimate of drug-likeness (QED) is 0.308. The van der Waals surface area contributed by atoms with Crippen LogP contribution in [0.25, 0.3) is 0 Å². The van der Waals surface area contributed by atoms with Crippen LogP contribution in [0, 0.1) is 17.8 Å². The molecule has 0 heterocycles. The van der Waals surface area contributed by atoms with Crippen LogP contribution < -0.4 is 15.2 Å². The van der Waals surface area contributed by atoms with Crippen molar-refractivity contribution >= 4 is 24.1 Å². The van der Waals surface area contributed by atoms with Crippen LogP contribution in [0.4, 0.5) is 4.79 Å². The van der Waals surface area contributed by atoms with E-state index in [9.17, 15) is 24.3 Å². The molecule has 0 aromatic heterocycles. The maximum atomic E-state index is 12.3. The third-order valence-corrected chi connectivity index (χ3v) is 5.68. The monoisotopic (exact) mass is 509 g/mol. The van der Waals surface area contributed by atoms with Gasteiger partial charge in [0.05, 0.1) is 18.4 Å². The number of esters is 2. The number of carbonyl (C=O) groups is 4. The molecule has 0 spiro atoms. The van der Waals surface area contributed by atoms with Crippen LogP contribution in [-0.2, 0) is 23.9 Å². The second kappa shape index (κ2) is 13.2. The van der Waals surface area contributed by atoms with Crippen LogP contribution in [-0.4, -0.2) is 47.4 Å². The van der Waals surface area contributed by atoms with Crippen molar-refractivity contribution < 1.29 is 43.2 Å². The molecular formula is C26H39NO9. The van der Waals surface area contributed by atoms with Crippen LogP contribution in [0.15, 0.2) is 18.2 Å². The molecule has 0 radical (unpaired) electrons. The maximum Gasteiger partial charge on any atom is 0.508 e. The molecule has 202 valence electrons. The molecule has 0 bridgehead atoms. The summed E-state index contributed by atoms with van der Waals surface area (Å²) >= 11 is 0. The SMILES string of the molecule is CCC(C)(C)OC(=O)OCC(C)C(c1ccc(OC(=O)C(C)C)c(OC(=O)C(C)C)c1)[C@H](N)C(=O)O. The fourth-order valence-electron chi connectivity index (χ4n) is 3.02. The van der Waals surface area contributed by atoms with Crippen molar-refractivity contribution in [2.45, 2.75) is 79.4 Å². The summed E-state index contributed by atoms with van der Waals surface area (Å²) in [6.07, 6.45) is -0.297. The molecule has 36 heavy (non-hydrogen) atoms. The first-order valence-corrected chi connectivity index (χ1v) is 12.0. The van der Waals surface area contributed by atoms with Gasteiger partial charge in [0.25, 0.3) is 0 Å². The predicted octanol–water partition coefficient (Wildman–Crippen LogP) is 4.28. The molecule has 10 heteroatoms. The van der Waals surface area contributed by atoms with E-state index in [0.717, 1.165) is 0 Å². The number of nitrogens with two attached hydrogens (primary N) is 1. The first-order valence-electron chi connectivity index (χ1n) is 12.0. The van der Waals surface area contributed by atoms with E-state index in [4.69, 9.17) is 24.7 Å². The molecule has 0 fully saturated rings. The van der Waals surface area contributed by atoms with E-state index in [0.29, 0.717) is 12.0 Å². The van der Waals surface area contributed by atoms with Crippen LogP contribution in [0.3, 0.4) is 0 Å². The van der Waals surface area contributed by atoms with Crippen LogP contribution in [0.5, 0.6) is 11.5 Å². The lowest BCUT2D eigenvalue weighted by molar-refractivity contribution is -0.140. The van der Waals surface area contributed by atoms with Gasteiger partial charge in [-0.05, 0) is 43.9 Å². The van der Waals surface area contributed by atoms with Gasteiger partial charge in [-0.2, -0.15) is 0 Å². The van der Waals surface area contributed by atoms with Gasteiger partial charge in [-0.25, -0.2) is 4.79 Å². The van der Waals surface area contributed by atoms with E-state index < -0.39 is 59.4 Å². The van der Waals surface area contributed by atoms with E-state index in [-0.39, 0.29) is 18.1 Å². The summed E-state index contributed by atoms with van der Waals surface area (Å²) in [7, 11) is 0. The summed E-state index contributed by atoms with van der Waals surface area (Å²) in [5.74, 6) is -4.69. The van der Waals surface area contributed by atoms with Gasteiger partial charge in [0, 0.05) is 5.92 Å². The highest BCUT2D eigenvalue weighted by atomic mass is 16.7. The van der Waals surface area contributed by atoms with E-state index in [1.807, 2.05) is 6.92 Å². The number of rotatable bonds is 12. The fraction of sp³-hybridized carbons (Fsp3) is 0.615. The smallest absolute Gasteiger partial charge is 0.480 e. The number of carboxylic acid groups (broad SMARTS) is 1. The van der Waals surface area contributed by atoms with Gasteiger partial charge in [0.15, 0.2) is 11.5 Å². The first kappa shape index (κ1) is 30.9. The number of hydrogen-bond donors (Lipinski definition) is 2. The lowest BCUT2D eigenvalue weighted by atomic mass is 9.82. The third kappa shape index (κ3) is 9.14. The second-order valence-electron chi connectivity index (χ2n) is 10.0. The summed E-state index contributed by atoms with van der Waals surface area (Å²) in [5.41, 5.74) is 5.71. The molecule has 3 atom stereocenters. The van der Waals surface area contributed by atoms with Gasteiger partial charge in [-0.3, -0.25) is 14.4 Å². The van der Waals surface area contributed by atoms with Gasteiger partial charge in [0.2, 0.25) is 0 Å². The zero-order valence-electron chi connectivity index (χ0n) is 22.3. The minimum atomic E-state index is -1.37. The molecule has 0 aliphatic carbocycles. The van der Waals surface area contributed by atoms with Crippen molar-refractivity contribution in [2.75, 3.05) is 6.61 Å². The van der Waals surface area contributed by atoms with Gasteiger partial charge >= 0.3 is 24.1 Å². The molecule has 1 rings (SSSR count). The molecular weight excluding hydrogens is 470 g/mol. The summed E-state index contributed by atoms with van der Waals surface area (Å²) in [6, 6.07) is 3.01. The van der Waals surface area contributed by atoms with Crippen molar-refractivity contribution in [2.24, 2.45) is 23.5 Å². The Kier molecular flexibility index (Phi) is 11.4. The van der Waals surface area contributed by atoms with Crippen molar-refractivity contribution in [3.05, 3.63) is 23.8 Å². The zero-order valence-corrected chi connectivity index (χ0v) is 22.3. The Morgan fingerprint density at radius 3 is 1.94 bits per heavy atom. The molecule has 0 aliphatic rings. The van der Waals surface area contributed by atoms with E-state index in [2.05, 4.69) is 0 Å². The Morgan fingerprint density at radius 2 is 1.47 bits per heavy atom. The Hall–Kier alpha value is -3.14. The van der Waals surface area contributed by atoms with E-state index >= 15 is 0 Å². The fourth-order valence-corrected chi connectivity index (χ4v) is 3.02. The minimum absolute atomic E-state index is 0.0170. The molecule has 3 N–H and O–H groups in total. The van der Waals surface area contributed by atoms with Gasteiger partial charge in [0.1, 0.15) is 11.6 Å². The highest BCUT2D eigenvalue weighted by Gasteiger charge is 2.33. The highest BCUT2D eigenvalue weighted by Crippen LogP contribution is 2.36. The Labute approximate surface area is 212 Å². The Balaban J connectivity index is 3.33. The molecule has 0 aliphatic heterocycles. The molecule has 0 amide bonds. The number of hydrogen-bond acceptors (Lipinski definition) is 9. The zero-order chi connectivity index (χ0) is 27.8. The topological polar surface area (TPSA) is 151 Å². The summed E-state index contributed by atoms with van der Waals surface area (Å²) in [5, 5.41) is 9.63. The average molecular weight is 510 g/mol. The Bertz CT molecular complexity index is 939. The molecule has 1 aromatic carbocycles. The van der Waals surface area contributed by atoms with Crippen molar-refractivity contribution in [1.29, 1.82) is 0 Å². The number of carboxylic acids is 1. The van der Waals surface area contributed by atoms with Crippen LogP contribution >= 0.6 is 0 Å². The molecule has 0 saturated heterocycles. The van der Waals surface area contributed by atoms with Crippen molar-refractivity contribution in [3.63, 3.8) is 0 Å². The standard InChI is InChI=1S/C26H39NO9/c1-9-26(7,8)36-25(32)33-13-16(6)20(21(27)22(28)29)17-10-11-18(34-23(30)14(2)3)19(12-17)35-24(31)15(4)5/h10-12,14-16,20-21H,9,13,27H2,1-8H3,(H,28,29)/t16?,20?,21-/m0/s1. The lowest BCUT2D eigenvalue weighted by Crippen LogP contribution is -2.41. The summed E-state index contributed by atoms with van der Waals surface area (Å²) < 4.78 is 21.3. The normalized spacial score (nSPS) is 14.1. The summed E-state index contributed by atoms with van der Waals surface area (Å²) in [4.78, 5) is 48.4. The summed E-state index contributed by atoms with van der Waals surface area (Å²) in [6.45, 7) is 13.5. The second-order valence-corrected chi connectivity index (χ2v) is 10.0. The van der Waals surface area contributed by atoms with Gasteiger partial charge < -0.3 is 29.8 Å². The number of ether oxygens (including phenoxy) is 4.